The van der Waals surface area contributed by atoms with Crippen LogP contribution in [0.3, 0.4) is 0 Å². The Hall–Kier alpha value is -0.343. The predicted molar refractivity (Wildman–Crippen MR) is 113 cm³/mol. The van der Waals surface area contributed by atoms with Crippen LogP contribution in [-0.2, 0) is 4.43 Å². The Bertz CT molecular complexity index is 511. The predicted octanol–water partition coefficient (Wildman–Crippen LogP) is 7.36. The summed E-state index contributed by atoms with van der Waals surface area (Å²) in [6.07, 6.45) is 11.6. The quantitative estimate of drug-likeness (QED) is 0.354. The van der Waals surface area contributed by atoms with E-state index in [9.17, 15) is 0 Å². The van der Waals surface area contributed by atoms with Crippen LogP contribution in [-0.4, -0.2) is 14.9 Å². The van der Waals surface area contributed by atoms with Gasteiger partial charge in [-0.2, -0.15) is 0 Å². The van der Waals surface area contributed by atoms with Gasteiger partial charge in [-0.15, -0.1) is 0 Å². The zero-order valence-corrected chi connectivity index (χ0v) is 19.0. The molecule has 144 valence electrons. The van der Waals surface area contributed by atoms with Crippen molar-refractivity contribution >= 4 is 8.32 Å². The van der Waals surface area contributed by atoms with Crippen molar-refractivity contribution in [3.8, 4) is 0 Å². The second kappa shape index (κ2) is 7.72. The highest BCUT2D eigenvalue weighted by molar-refractivity contribution is 6.69. The van der Waals surface area contributed by atoms with Crippen LogP contribution < -0.4 is 0 Å². The van der Waals surface area contributed by atoms with Gasteiger partial charge in [0.15, 0.2) is 8.32 Å². The van der Waals surface area contributed by atoms with Gasteiger partial charge in [-0.3, -0.25) is 0 Å². The lowest BCUT2D eigenvalue weighted by molar-refractivity contribution is -0.0539. The van der Waals surface area contributed by atoms with Crippen molar-refractivity contribution in [2.75, 3.05) is 6.61 Å². The molecule has 0 aromatic carbocycles. The highest BCUT2D eigenvalue weighted by atomic mass is 28.4. The molecule has 0 radical (unpaired) electrons. The zero-order chi connectivity index (χ0) is 18.9. The van der Waals surface area contributed by atoms with Crippen LogP contribution >= 0.6 is 0 Å². The van der Waals surface area contributed by atoms with Gasteiger partial charge in [0, 0.05) is 0 Å². The van der Waals surface area contributed by atoms with Crippen LogP contribution in [0.1, 0.15) is 72.6 Å². The maximum Gasteiger partial charge on any atom is 0.184 e. The molecule has 2 heteroatoms. The first-order chi connectivity index (χ1) is 11.5. The monoisotopic (exact) mass is 362 g/mol. The van der Waals surface area contributed by atoms with Crippen molar-refractivity contribution in [1.82, 2.24) is 0 Å². The maximum atomic E-state index is 5.99. The van der Waals surface area contributed by atoms with Crippen LogP contribution in [0.4, 0.5) is 0 Å². The van der Waals surface area contributed by atoms with Crippen LogP contribution in [0.5, 0.6) is 0 Å². The van der Waals surface area contributed by atoms with Gasteiger partial charge in [0.25, 0.3) is 0 Å². The molecule has 0 saturated heterocycles. The second-order valence-electron chi connectivity index (χ2n) is 10.7. The fourth-order valence-corrected chi connectivity index (χ4v) is 6.30. The number of fused-ring (bicyclic) bond motifs is 1. The molecule has 0 bridgehead atoms. The van der Waals surface area contributed by atoms with Gasteiger partial charge < -0.3 is 4.43 Å². The average Bonchev–Trinajstić information content (AvgIpc) is 2.44. The molecule has 0 unspecified atom stereocenters. The van der Waals surface area contributed by atoms with Gasteiger partial charge in [-0.05, 0) is 87.8 Å². The molecule has 0 spiro atoms. The Morgan fingerprint density at radius 1 is 1.24 bits per heavy atom. The summed E-state index contributed by atoms with van der Waals surface area (Å²) in [5.41, 5.74) is 3.99. The Labute approximate surface area is 158 Å². The smallest absolute Gasteiger partial charge is 0.184 e. The molecule has 0 aromatic heterocycles. The first-order valence-electron chi connectivity index (χ1n) is 10.4. The first kappa shape index (κ1) is 21.0. The molecular formula is C23H42OSi. The van der Waals surface area contributed by atoms with Crippen molar-refractivity contribution < 1.29 is 4.43 Å². The SMILES string of the molecule is C=C1CC[C@H]2C(C)(C)CCC[C@]2(C)[C@H]1CC/C(C)=C/CO[Si](C)(C)C. The summed E-state index contributed by atoms with van der Waals surface area (Å²) >= 11 is 0. The van der Waals surface area contributed by atoms with E-state index in [4.69, 9.17) is 4.43 Å². The fraction of sp³-hybridized carbons (Fsp3) is 0.826. The molecule has 25 heavy (non-hydrogen) atoms. The molecule has 0 aliphatic heterocycles. The minimum Gasteiger partial charge on any atom is -0.414 e. The summed E-state index contributed by atoms with van der Waals surface area (Å²) in [6, 6.07) is 0. The van der Waals surface area contributed by atoms with Crippen molar-refractivity contribution in [1.29, 1.82) is 0 Å². The average molecular weight is 363 g/mol. The lowest BCUT2D eigenvalue weighted by atomic mass is 9.47. The lowest BCUT2D eigenvalue weighted by Crippen LogP contribution is -2.49. The maximum absolute atomic E-state index is 5.99. The molecule has 2 rings (SSSR count). The Kier molecular flexibility index (Phi) is 6.47. The van der Waals surface area contributed by atoms with E-state index < -0.39 is 8.32 Å². The number of hydrogen-bond acceptors (Lipinski definition) is 1. The molecule has 2 fully saturated rings. The fourth-order valence-electron chi connectivity index (χ4n) is 5.72. The second-order valence-corrected chi connectivity index (χ2v) is 15.2. The highest BCUT2D eigenvalue weighted by Gasteiger charge is 2.52. The molecular weight excluding hydrogens is 320 g/mol. The summed E-state index contributed by atoms with van der Waals surface area (Å²) in [5.74, 6) is 1.57. The summed E-state index contributed by atoms with van der Waals surface area (Å²) in [5, 5.41) is 0. The Morgan fingerprint density at radius 3 is 2.56 bits per heavy atom. The van der Waals surface area contributed by atoms with Gasteiger partial charge in [0.05, 0.1) is 6.61 Å². The third-order valence-electron chi connectivity index (χ3n) is 7.09. The normalized spacial score (nSPS) is 33.2. The number of hydrogen-bond donors (Lipinski definition) is 0. The third-order valence-corrected chi connectivity index (χ3v) is 8.13. The van der Waals surface area contributed by atoms with Crippen LogP contribution in [0.25, 0.3) is 0 Å². The van der Waals surface area contributed by atoms with Crippen molar-refractivity contribution in [3.63, 3.8) is 0 Å². The van der Waals surface area contributed by atoms with E-state index in [1.54, 1.807) is 0 Å². The number of rotatable bonds is 6. The van der Waals surface area contributed by atoms with E-state index in [2.05, 4.69) is 60.0 Å². The molecule has 0 amide bonds. The van der Waals surface area contributed by atoms with Gasteiger partial charge in [-0.1, -0.05) is 51.0 Å². The topological polar surface area (TPSA) is 9.23 Å². The molecule has 2 aliphatic carbocycles. The molecule has 0 aromatic rings. The van der Waals surface area contributed by atoms with Crippen LogP contribution in [0.15, 0.2) is 23.8 Å². The molecule has 3 atom stereocenters. The standard InChI is InChI=1S/C23H42OSi/c1-18(14-17-24-25(6,7)8)10-12-20-19(2)11-13-21-22(3,4)15-9-16-23(20,21)5/h14,20-21H,2,9-13,15-17H2,1,3-8H3/b18-14+/t20-,21-,23+/m0/s1. The van der Waals surface area contributed by atoms with E-state index in [0.29, 0.717) is 16.7 Å². The van der Waals surface area contributed by atoms with E-state index in [1.165, 1.54) is 56.1 Å². The first-order valence-corrected chi connectivity index (χ1v) is 13.8. The molecule has 2 aliphatic rings. The molecule has 0 heterocycles. The Morgan fingerprint density at radius 2 is 1.92 bits per heavy atom. The minimum atomic E-state index is -1.40. The summed E-state index contributed by atoms with van der Waals surface area (Å²) in [4.78, 5) is 0. The van der Waals surface area contributed by atoms with E-state index in [1.807, 2.05) is 0 Å². The van der Waals surface area contributed by atoms with E-state index in [0.717, 1.165) is 12.5 Å². The largest absolute Gasteiger partial charge is 0.414 e. The van der Waals surface area contributed by atoms with Gasteiger partial charge >= 0.3 is 0 Å². The van der Waals surface area contributed by atoms with E-state index in [-0.39, 0.29) is 0 Å². The third kappa shape index (κ3) is 5.10. The molecule has 1 nitrogen and oxygen atoms in total. The highest BCUT2D eigenvalue weighted by Crippen LogP contribution is 2.61. The van der Waals surface area contributed by atoms with Crippen LogP contribution in [0, 0.1) is 22.7 Å². The number of allylic oxidation sites excluding steroid dienone is 2. The Balaban J connectivity index is 2.02. The summed E-state index contributed by atoms with van der Waals surface area (Å²) in [6.45, 7) is 22.0. The lowest BCUT2D eigenvalue weighted by Gasteiger charge is -2.58. The molecule has 2 saturated carbocycles. The summed E-state index contributed by atoms with van der Waals surface area (Å²) in [7, 11) is -1.40. The van der Waals surface area contributed by atoms with Crippen LogP contribution in [0.2, 0.25) is 19.6 Å². The van der Waals surface area contributed by atoms with Crippen molar-refractivity contribution in [2.24, 2.45) is 22.7 Å². The molecule has 0 N–H and O–H groups in total. The van der Waals surface area contributed by atoms with Gasteiger partial charge in [0.1, 0.15) is 0 Å². The zero-order valence-electron chi connectivity index (χ0n) is 18.0. The van der Waals surface area contributed by atoms with E-state index >= 15 is 0 Å². The van der Waals surface area contributed by atoms with Gasteiger partial charge in [-0.25, -0.2) is 0 Å². The van der Waals surface area contributed by atoms with Gasteiger partial charge in [0.2, 0.25) is 0 Å². The van der Waals surface area contributed by atoms with Crippen molar-refractivity contribution in [2.45, 2.75) is 92.3 Å². The summed E-state index contributed by atoms with van der Waals surface area (Å²) < 4.78 is 5.99. The van der Waals surface area contributed by atoms with Crippen molar-refractivity contribution in [3.05, 3.63) is 23.8 Å². The minimum absolute atomic E-state index is 0.464.